The molecule has 0 saturated heterocycles. The first-order valence-corrected chi connectivity index (χ1v) is 5.22. The van der Waals surface area contributed by atoms with Gasteiger partial charge in [0.05, 0.1) is 12.7 Å². The lowest BCUT2D eigenvalue weighted by atomic mass is 10.3. The molecule has 1 aromatic rings. The van der Waals surface area contributed by atoms with Crippen molar-refractivity contribution in [1.82, 2.24) is 0 Å². The van der Waals surface area contributed by atoms with E-state index in [0.29, 0.717) is 26.2 Å². The molecule has 0 fully saturated rings. The zero-order valence-electron chi connectivity index (χ0n) is 9.06. The van der Waals surface area contributed by atoms with Crippen molar-refractivity contribution in [3.05, 3.63) is 30.3 Å². The third-order valence-corrected chi connectivity index (χ3v) is 1.92. The van der Waals surface area contributed by atoms with Crippen LogP contribution in [0.15, 0.2) is 30.3 Å². The molecule has 3 nitrogen and oxygen atoms in total. The Bertz CT molecular complexity index is 246. The molecule has 3 heteroatoms. The zero-order valence-corrected chi connectivity index (χ0v) is 9.06. The van der Waals surface area contributed by atoms with Gasteiger partial charge in [0, 0.05) is 6.61 Å². The van der Waals surface area contributed by atoms with Crippen molar-refractivity contribution < 1.29 is 14.6 Å². The molecule has 0 spiro atoms. The van der Waals surface area contributed by atoms with E-state index in [9.17, 15) is 0 Å². The quantitative estimate of drug-likeness (QED) is 0.698. The van der Waals surface area contributed by atoms with Crippen molar-refractivity contribution in [1.29, 1.82) is 0 Å². The van der Waals surface area contributed by atoms with Gasteiger partial charge in [0.2, 0.25) is 0 Å². The number of hydrogen-bond acceptors (Lipinski definition) is 3. The summed E-state index contributed by atoms with van der Waals surface area (Å²) in [6.45, 7) is 3.44. The molecular formula is C12H18O3. The molecule has 1 N–H and O–H groups in total. The van der Waals surface area contributed by atoms with Crippen LogP contribution in [0.4, 0.5) is 0 Å². The van der Waals surface area contributed by atoms with Crippen LogP contribution >= 0.6 is 0 Å². The summed E-state index contributed by atoms with van der Waals surface area (Å²) in [6.07, 6.45) is 0.380. The second kappa shape index (κ2) is 7.26. The van der Waals surface area contributed by atoms with Crippen LogP contribution in [0.3, 0.4) is 0 Å². The summed E-state index contributed by atoms with van der Waals surface area (Å²) in [6, 6.07) is 9.64. The van der Waals surface area contributed by atoms with E-state index in [2.05, 4.69) is 0 Å². The number of para-hydroxylation sites is 1. The molecule has 0 radical (unpaired) electrons. The second-order valence-electron chi connectivity index (χ2n) is 3.41. The Morgan fingerprint density at radius 3 is 2.53 bits per heavy atom. The number of aliphatic hydroxyl groups excluding tert-OH is 1. The molecule has 1 rings (SSSR count). The highest BCUT2D eigenvalue weighted by atomic mass is 16.5. The van der Waals surface area contributed by atoms with Gasteiger partial charge in [-0.05, 0) is 25.5 Å². The molecular weight excluding hydrogens is 192 g/mol. The van der Waals surface area contributed by atoms with Crippen LogP contribution in [0.5, 0.6) is 5.75 Å². The summed E-state index contributed by atoms with van der Waals surface area (Å²) in [5.74, 6) is 0.858. The first-order chi connectivity index (χ1) is 7.29. The lowest BCUT2D eigenvalue weighted by molar-refractivity contribution is 0.0704. The van der Waals surface area contributed by atoms with Crippen LogP contribution in [-0.2, 0) is 4.74 Å². The number of ether oxygens (including phenoxy) is 2. The van der Waals surface area contributed by atoms with Crippen molar-refractivity contribution >= 4 is 0 Å². The first kappa shape index (κ1) is 12.0. The molecule has 1 unspecified atom stereocenters. The minimum atomic E-state index is -0.292. The molecule has 0 heterocycles. The number of hydrogen-bond donors (Lipinski definition) is 1. The van der Waals surface area contributed by atoms with Gasteiger partial charge in [0.25, 0.3) is 0 Å². The van der Waals surface area contributed by atoms with E-state index >= 15 is 0 Å². The Hall–Kier alpha value is -1.06. The molecule has 0 amide bonds. The maximum Gasteiger partial charge on any atom is 0.119 e. The van der Waals surface area contributed by atoms with E-state index in [0.717, 1.165) is 5.75 Å². The highest BCUT2D eigenvalue weighted by molar-refractivity contribution is 5.20. The van der Waals surface area contributed by atoms with E-state index in [1.807, 2.05) is 30.3 Å². The molecule has 0 saturated carbocycles. The van der Waals surface area contributed by atoms with Crippen LogP contribution in [0, 0.1) is 0 Å². The number of aliphatic hydroxyl groups is 1. The van der Waals surface area contributed by atoms with Gasteiger partial charge in [0.1, 0.15) is 12.4 Å². The number of benzene rings is 1. The summed E-state index contributed by atoms with van der Waals surface area (Å²) in [5.41, 5.74) is 0. The van der Waals surface area contributed by atoms with Gasteiger partial charge in [-0.3, -0.25) is 0 Å². The van der Waals surface area contributed by atoms with Crippen LogP contribution in [0.1, 0.15) is 13.3 Å². The van der Waals surface area contributed by atoms with E-state index in [1.165, 1.54) is 0 Å². The summed E-state index contributed by atoms with van der Waals surface area (Å²) in [4.78, 5) is 0. The summed E-state index contributed by atoms with van der Waals surface area (Å²) in [7, 11) is 0. The average Bonchev–Trinajstić information content (AvgIpc) is 2.24. The Balaban J connectivity index is 1.98. The van der Waals surface area contributed by atoms with Crippen molar-refractivity contribution in [3.8, 4) is 5.75 Å². The molecule has 84 valence electrons. The smallest absolute Gasteiger partial charge is 0.119 e. The van der Waals surface area contributed by atoms with Crippen LogP contribution in [-0.4, -0.2) is 31.0 Å². The third kappa shape index (κ3) is 6.10. The second-order valence-corrected chi connectivity index (χ2v) is 3.41. The van der Waals surface area contributed by atoms with Crippen molar-refractivity contribution in [2.75, 3.05) is 19.8 Å². The Kier molecular flexibility index (Phi) is 5.81. The largest absolute Gasteiger partial charge is 0.491 e. The minimum absolute atomic E-state index is 0.292. The first-order valence-electron chi connectivity index (χ1n) is 5.22. The molecule has 1 aromatic carbocycles. The summed E-state index contributed by atoms with van der Waals surface area (Å²) < 4.78 is 10.7. The summed E-state index contributed by atoms with van der Waals surface area (Å²) in [5, 5.41) is 8.98. The predicted molar refractivity (Wildman–Crippen MR) is 59.1 cm³/mol. The average molecular weight is 210 g/mol. The standard InChI is InChI=1S/C12H18O3/c1-11(13)7-8-14-9-10-15-12-5-3-2-4-6-12/h2-6,11,13H,7-10H2,1H3. The maximum atomic E-state index is 8.98. The van der Waals surface area contributed by atoms with E-state index in [-0.39, 0.29) is 6.10 Å². The van der Waals surface area contributed by atoms with Crippen LogP contribution < -0.4 is 4.74 Å². The normalized spacial score (nSPS) is 12.4. The van der Waals surface area contributed by atoms with Gasteiger partial charge in [-0.25, -0.2) is 0 Å². The Morgan fingerprint density at radius 2 is 1.87 bits per heavy atom. The highest BCUT2D eigenvalue weighted by Gasteiger charge is 1.95. The third-order valence-electron chi connectivity index (χ3n) is 1.92. The lowest BCUT2D eigenvalue weighted by Crippen LogP contribution is -2.10. The summed E-state index contributed by atoms with van der Waals surface area (Å²) >= 11 is 0. The van der Waals surface area contributed by atoms with Crippen molar-refractivity contribution in [2.45, 2.75) is 19.4 Å². The van der Waals surface area contributed by atoms with Crippen molar-refractivity contribution in [2.24, 2.45) is 0 Å². The van der Waals surface area contributed by atoms with Gasteiger partial charge in [0.15, 0.2) is 0 Å². The van der Waals surface area contributed by atoms with E-state index in [4.69, 9.17) is 14.6 Å². The molecule has 0 aliphatic rings. The molecule has 0 bridgehead atoms. The van der Waals surface area contributed by atoms with Crippen LogP contribution in [0.25, 0.3) is 0 Å². The molecule has 1 atom stereocenters. The highest BCUT2D eigenvalue weighted by Crippen LogP contribution is 2.07. The minimum Gasteiger partial charge on any atom is -0.491 e. The molecule has 15 heavy (non-hydrogen) atoms. The van der Waals surface area contributed by atoms with Gasteiger partial charge in [-0.15, -0.1) is 0 Å². The van der Waals surface area contributed by atoms with Gasteiger partial charge < -0.3 is 14.6 Å². The molecule has 0 aliphatic heterocycles. The van der Waals surface area contributed by atoms with Crippen LogP contribution in [0.2, 0.25) is 0 Å². The van der Waals surface area contributed by atoms with Gasteiger partial charge in [-0.2, -0.15) is 0 Å². The SMILES string of the molecule is CC(O)CCOCCOc1ccccc1. The fraction of sp³-hybridized carbons (Fsp3) is 0.500. The molecule has 0 aliphatic carbocycles. The maximum absolute atomic E-state index is 8.98. The monoisotopic (exact) mass is 210 g/mol. The van der Waals surface area contributed by atoms with E-state index < -0.39 is 0 Å². The van der Waals surface area contributed by atoms with Crippen molar-refractivity contribution in [3.63, 3.8) is 0 Å². The Morgan fingerprint density at radius 1 is 1.13 bits per heavy atom. The zero-order chi connectivity index (χ0) is 10.9. The number of rotatable bonds is 7. The Labute approximate surface area is 90.6 Å². The predicted octanol–water partition coefficient (Wildman–Crippen LogP) is 1.85. The molecule has 0 aromatic heterocycles. The topological polar surface area (TPSA) is 38.7 Å². The fourth-order valence-electron chi connectivity index (χ4n) is 1.09. The lowest BCUT2D eigenvalue weighted by Gasteiger charge is -2.07. The van der Waals surface area contributed by atoms with E-state index in [1.54, 1.807) is 6.92 Å². The van der Waals surface area contributed by atoms with Gasteiger partial charge in [-0.1, -0.05) is 18.2 Å². The van der Waals surface area contributed by atoms with Gasteiger partial charge >= 0.3 is 0 Å². The fourth-order valence-corrected chi connectivity index (χ4v) is 1.09.